The van der Waals surface area contributed by atoms with Crippen molar-refractivity contribution in [3.63, 3.8) is 0 Å². The van der Waals surface area contributed by atoms with Gasteiger partial charge in [0.05, 0.1) is 12.1 Å². The molecular weight excluding hydrogens is 307 g/mol. The summed E-state index contributed by atoms with van der Waals surface area (Å²) in [6.07, 6.45) is -1.49. The highest BCUT2D eigenvalue weighted by Crippen LogP contribution is 2.31. The third-order valence-corrected chi connectivity index (χ3v) is 3.44. The third kappa shape index (κ3) is 4.49. The quantitative estimate of drug-likeness (QED) is 0.870. The lowest BCUT2D eigenvalue weighted by Crippen LogP contribution is -2.39. The highest BCUT2D eigenvalue weighted by atomic mass is 35.5. The van der Waals surface area contributed by atoms with Crippen molar-refractivity contribution < 1.29 is 18.0 Å². The first-order valence-corrected chi connectivity index (χ1v) is 7.00. The molecule has 0 radical (unpaired) electrons. The van der Waals surface area contributed by atoms with Gasteiger partial charge in [0.25, 0.3) is 0 Å². The van der Waals surface area contributed by atoms with Gasteiger partial charge in [0.15, 0.2) is 0 Å². The number of carbonyl (C=O) groups excluding carboxylic acids is 1. The van der Waals surface area contributed by atoms with E-state index in [0.29, 0.717) is 13.1 Å². The van der Waals surface area contributed by atoms with Gasteiger partial charge >= 0.3 is 6.18 Å². The molecule has 0 bridgehead atoms. The van der Waals surface area contributed by atoms with Crippen LogP contribution in [0.1, 0.15) is 24.8 Å². The maximum Gasteiger partial charge on any atom is 0.416 e. The van der Waals surface area contributed by atoms with Crippen LogP contribution in [0, 0.1) is 0 Å². The minimum atomic E-state index is -4.50. The van der Waals surface area contributed by atoms with Gasteiger partial charge in [-0.05, 0) is 31.4 Å². The van der Waals surface area contributed by atoms with Crippen LogP contribution < -0.4 is 5.32 Å². The Bertz CT molecular complexity index is 516. The van der Waals surface area contributed by atoms with E-state index in [1.54, 1.807) is 4.90 Å². The number of pyridine rings is 1. The van der Waals surface area contributed by atoms with Crippen LogP contribution in [0.15, 0.2) is 12.1 Å². The first kappa shape index (κ1) is 15.9. The number of alkyl halides is 3. The van der Waals surface area contributed by atoms with E-state index in [2.05, 4.69) is 10.3 Å². The van der Waals surface area contributed by atoms with Crippen molar-refractivity contribution in [1.29, 1.82) is 0 Å². The number of nitrogens with one attached hydrogen (secondary N) is 1. The van der Waals surface area contributed by atoms with Crippen molar-refractivity contribution in [2.75, 3.05) is 25.0 Å². The maximum absolute atomic E-state index is 12.6. The molecule has 0 spiro atoms. The molecule has 1 amide bonds. The van der Waals surface area contributed by atoms with Crippen LogP contribution in [0.2, 0.25) is 5.15 Å². The molecule has 0 aliphatic carbocycles. The molecular formula is C13H15ClF3N3O. The summed E-state index contributed by atoms with van der Waals surface area (Å²) in [6, 6.07) is 1.59. The van der Waals surface area contributed by atoms with Crippen molar-refractivity contribution in [2.24, 2.45) is 0 Å². The van der Waals surface area contributed by atoms with Crippen LogP contribution in [-0.4, -0.2) is 35.4 Å². The number of aromatic nitrogens is 1. The molecule has 0 atom stereocenters. The average molecular weight is 322 g/mol. The summed E-state index contributed by atoms with van der Waals surface area (Å²) in [4.78, 5) is 17.4. The number of likely N-dealkylation sites (tertiary alicyclic amines) is 1. The van der Waals surface area contributed by atoms with Crippen LogP contribution >= 0.6 is 11.6 Å². The maximum atomic E-state index is 12.6. The molecule has 1 aliphatic rings. The predicted octanol–water partition coefficient (Wildman–Crippen LogP) is 3.18. The Morgan fingerprint density at radius 2 is 1.95 bits per heavy atom. The van der Waals surface area contributed by atoms with Crippen LogP contribution in [0.25, 0.3) is 0 Å². The number of hydrogen-bond donors (Lipinski definition) is 1. The molecule has 1 saturated heterocycles. The molecule has 8 heteroatoms. The average Bonchev–Trinajstić information content (AvgIpc) is 2.44. The molecule has 4 nitrogen and oxygen atoms in total. The number of rotatable bonds is 3. The molecule has 116 valence electrons. The minimum absolute atomic E-state index is 0.0554. The van der Waals surface area contributed by atoms with Crippen LogP contribution in [0.4, 0.5) is 19.0 Å². The smallest absolute Gasteiger partial charge is 0.361 e. The van der Waals surface area contributed by atoms with Gasteiger partial charge in [0, 0.05) is 13.1 Å². The van der Waals surface area contributed by atoms with Crippen LogP contribution in [-0.2, 0) is 11.0 Å². The monoisotopic (exact) mass is 321 g/mol. The summed E-state index contributed by atoms with van der Waals surface area (Å²) in [7, 11) is 0. The van der Waals surface area contributed by atoms with Gasteiger partial charge in [0.2, 0.25) is 5.91 Å². The lowest BCUT2D eigenvalue weighted by Gasteiger charge is -2.26. The number of anilines is 1. The van der Waals surface area contributed by atoms with E-state index in [1.807, 2.05) is 0 Å². The number of piperidine rings is 1. The first-order chi connectivity index (χ1) is 9.86. The Kier molecular flexibility index (Phi) is 4.92. The molecule has 0 saturated carbocycles. The van der Waals surface area contributed by atoms with Gasteiger partial charge in [-0.2, -0.15) is 13.2 Å². The molecule has 1 aromatic rings. The topological polar surface area (TPSA) is 45.2 Å². The fourth-order valence-corrected chi connectivity index (χ4v) is 2.38. The molecule has 0 aromatic carbocycles. The molecule has 21 heavy (non-hydrogen) atoms. The number of hydrogen-bond acceptors (Lipinski definition) is 3. The predicted molar refractivity (Wildman–Crippen MR) is 73.2 cm³/mol. The fraction of sp³-hybridized carbons (Fsp3) is 0.538. The molecule has 1 aromatic heterocycles. The fourth-order valence-electron chi connectivity index (χ4n) is 2.17. The van der Waals surface area contributed by atoms with E-state index in [0.717, 1.165) is 31.4 Å². The van der Waals surface area contributed by atoms with Gasteiger partial charge < -0.3 is 10.2 Å². The van der Waals surface area contributed by atoms with E-state index in [1.165, 1.54) is 0 Å². The van der Waals surface area contributed by atoms with Crippen molar-refractivity contribution in [2.45, 2.75) is 25.4 Å². The molecule has 0 unspecified atom stereocenters. The number of halogens is 4. The summed E-state index contributed by atoms with van der Waals surface area (Å²) in [6.45, 7) is 1.29. The van der Waals surface area contributed by atoms with Crippen molar-refractivity contribution in [3.05, 3.63) is 22.8 Å². The number of carbonyl (C=O) groups is 1. The first-order valence-electron chi connectivity index (χ1n) is 6.63. The van der Waals surface area contributed by atoms with E-state index >= 15 is 0 Å². The van der Waals surface area contributed by atoms with Crippen LogP contribution in [0.5, 0.6) is 0 Å². The molecule has 1 aliphatic heterocycles. The highest BCUT2D eigenvalue weighted by molar-refractivity contribution is 6.29. The zero-order valence-electron chi connectivity index (χ0n) is 11.2. The largest absolute Gasteiger partial charge is 0.416 e. The van der Waals surface area contributed by atoms with Crippen LogP contribution in [0.3, 0.4) is 0 Å². The van der Waals surface area contributed by atoms with Gasteiger partial charge in [0.1, 0.15) is 11.0 Å². The summed E-state index contributed by atoms with van der Waals surface area (Å²) in [5, 5.41) is 2.34. The van der Waals surface area contributed by atoms with E-state index in [9.17, 15) is 18.0 Å². The van der Waals surface area contributed by atoms with E-state index in [4.69, 9.17) is 11.6 Å². The Morgan fingerprint density at radius 3 is 2.57 bits per heavy atom. The standard InChI is InChI=1S/C13H15ClF3N3O/c14-10-6-9(13(15,16)17)7-11(19-10)18-8-12(21)20-4-2-1-3-5-20/h6-7H,1-5,8H2,(H,18,19). The second kappa shape index (κ2) is 6.51. The van der Waals surface area contributed by atoms with Crippen molar-refractivity contribution >= 4 is 23.3 Å². The van der Waals surface area contributed by atoms with Crippen molar-refractivity contribution in [1.82, 2.24) is 9.88 Å². The molecule has 1 fully saturated rings. The lowest BCUT2D eigenvalue weighted by molar-refractivity contribution is -0.137. The van der Waals surface area contributed by atoms with Crippen molar-refractivity contribution in [3.8, 4) is 0 Å². The second-order valence-electron chi connectivity index (χ2n) is 4.86. The summed E-state index contributed by atoms with van der Waals surface area (Å²) in [5.74, 6) is -0.204. The SMILES string of the molecule is O=C(CNc1cc(C(F)(F)F)cc(Cl)n1)N1CCCCC1. The molecule has 2 heterocycles. The summed E-state index contributed by atoms with van der Waals surface area (Å²) < 4.78 is 37.9. The Hall–Kier alpha value is -1.50. The Labute approximate surface area is 125 Å². The van der Waals surface area contributed by atoms with E-state index < -0.39 is 11.7 Å². The second-order valence-corrected chi connectivity index (χ2v) is 5.24. The number of amides is 1. The zero-order chi connectivity index (χ0) is 15.5. The Balaban J connectivity index is 1.99. The lowest BCUT2D eigenvalue weighted by atomic mass is 10.1. The van der Waals surface area contributed by atoms with E-state index in [-0.39, 0.29) is 23.4 Å². The summed E-state index contributed by atoms with van der Waals surface area (Å²) >= 11 is 5.57. The van der Waals surface area contributed by atoms with Gasteiger partial charge in [-0.25, -0.2) is 4.98 Å². The summed E-state index contributed by atoms with van der Waals surface area (Å²) in [5.41, 5.74) is -0.893. The zero-order valence-corrected chi connectivity index (χ0v) is 12.0. The van der Waals surface area contributed by atoms with Gasteiger partial charge in [-0.3, -0.25) is 4.79 Å². The molecule has 1 N–H and O–H groups in total. The van der Waals surface area contributed by atoms with Gasteiger partial charge in [-0.1, -0.05) is 11.6 Å². The normalized spacial score (nSPS) is 15.9. The Morgan fingerprint density at radius 1 is 1.29 bits per heavy atom. The highest BCUT2D eigenvalue weighted by Gasteiger charge is 2.31. The molecule has 2 rings (SSSR count). The minimum Gasteiger partial charge on any atom is -0.361 e. The third-order valence-electron chi connectivity index (χ3n) is 3.25. The van der Waals surface area contributed by atoms with Gasteiger partial charge in [-0.15, -0.1) is 0 Å². The number of nitrogens with zero attached hydrogens (tertiary/aromatic N) is 2.